The molecule has 2 rings (SSSR count). The van der Waals surface area contributed by atoms with Crippen molar-refractivity contribution in [3.63, 3.8) is 0 Å². The summed E-state index contributed by atoms with van der Waals surface area (Å²) in [6, 6.07) is 5.77. The molecule has 6 heteroatoms. The first-order chi connectivity index (χ1) is 7.81. The minimum Gasteiger partial charge on any atom is -0.269 e. The lowest BCUT2D eigenvalue weighted by atomic mass is 10.2. The fourth-order valence-electron chi connectivity index (χ4n) is 1.28. The van der Waals surface area contributed by atoms with Crippen molar-refractivity contribution in [2.75, 3.05) is 6.54 Å². The molecule has 1 heterocycles. The number of benzene rings is 1. The summed E-state index contributed by atoms with van der Waals surface area (Å²) in [6.45, 7) is 0.160. The molecule has 5 nitrogen and oxygen atoms in total. The molecule has 0 bridgehead atoms. The highest BCUT2D eigenvalue weighted by Crippen LogP contribution is 2.19. The Morgan fingerprint density at radius 3 is 3.25 bits per heavy atom. The smallest absolute Gasteiger partial charge is 0.115 e. The highest BCUT2D eigenvalue weighted by molar-refractivity contribution is 9.10. The third kappa shape index (κ3) is 2.16. The molecule has 0 unspecified atom stereocenters. The van der Waals surface area contributed by atoms with E-state index in [1.165, 1.54) is 0 Å². The van der Waals surface area contributed by atoms with E-state index in [9.17, 15) is 0 Å². The molecule has 0 aliphatic rings. The van der Waals surface area contributed by atoms with E-state index in [1.54, 1.807) is 0 Å². The maximum atomic E-state index is 8.09. The van der Waals surface area contributed by atoms with Gasteiger partial charge in [-0.2, -0.15) is 5.10 Å². The first-order valence-electron chi connectivity index (χ1n) is 4.44. The number of fused-ring (bicyclic) bond motifs is 1. The molecule has 0 saturated heterocycles. The van der Waals surface area contributed by atoms with E-state index in [0.29, 0.717) is 0 Å². The zero-order chi connectivity index (χ0) is 11.4. The summed E-state index contributed by atoms with van der Waals surface area (Å²) in [7, 11) is 0. The second-order valence-electron chi connectivity index (χ2n) is 2.95. The Kier molecular flexibility index (Phi) is 3.10. The number of H-pyrrole nitrogens is 1. The lowest BCUT2D eigenvalue weighted by Gasteiger charge is -1.89. The van der Waals surface area contributed by atoms with Crippen molar-refractivity contribution in [2.45, 2.75) is 0 Å². The van der Waals surface area contributed by atoms with Gasteiger partial charge in [-0.1, -0.05) is 27.0 Å². The third-order valence-corrected chi connectivity index (χ3v) is 2.44. The van der Waals surface area contributed by atoms with Crippen molar-refractivity contribution in [3.8, 4) is 11.8 Å². The fraction of sp³-hybridized carbons (Fsp3) is 0.100. The highest BCUT2D eigenvalue weighted by atomic mass is 79.9. The summed E-state index contributed by atoms with van der Waals surface area (Å²) in [4.78, 5) is 2.62. The quantitative estimate of drug-likeness (QED) is 0.369. The monoisotopic (exact) mass is 275 g/mol. The molecular weight excluding hydrogens is 270 g/mol. The molecule has 0 spiro atoms. The van der Waals surface area contributed by atoms with E-state index in [0.717, 1.165) is 21.1 Å². The number of nitrogens with one attached hydrogen (secondary N) is 1. The van der Waals surface area contributed by atoms with Gasteiger partial charge < -0.3 is 0 Å². The van der Waals surface area contributed by atoms with Crippen LogP contribution in [-0.4, -0.2) is 16.7 Å². The van der Waals surface area contributed by atoms with Crippen LogP contribution in [0.25, 0.3) is 21.3 Å². The molecule has 1 aromatic carbocycles. The zero-order valence-electron chi connectivity index (χ0n) is 8.11. The standard InChI is InChI=1S/C10H6BrN5/c11-7-3-4-8-9(2-1-5-13-16-12)14-15-10(8)6-7/h3-4,6H,5H2,(H,14,15). The lowest BCUT2D eigenvalue weighted by Crippen LogP contribution is -1.76. The number of azide groups is 1. The van der Waals surface area contributed by atoms with Crippen LogP contribution in [0.2, 0.25) is 0 Å². The van der Waals surface area contributed by atoms with Crippen LogP contribution in [-0.2, 0) is 0 Å². The summed E-state index contributed by atoms with van der Waals surface area (Å²) in [6.07, 6.45) is 0. The number of halogens is 1. The molecule has 2 aromatic rings. The molecule has 0 aliphatic carbocycles. The van der Waals surface area contributed by atoms with Crippen LogP contribution in [0.5, 0.6) is 0 Å². The van der Waals surface area contributed by atoms with Gasteiger partial charge in [0.1, 0.15) is 5.69 Å². The van der Waals surface area contributed by atoms with Gasteiger partial charge in [0.25, 0.3) is 0 Å². The topological polar surface area (TPSA) is 77.4 Å². The molecule has 78 valence electrons. The first-order valence-corrected chi connectivity index (χ1v) is 5.24. The largest absolute Gasteiger partial charge is 0.269 e. The van der Waals surface area contributed by atoms with E-state index in [-0.39, 0.29) is 6.54 Å². The average molecular weight is 276 g/mol. The Morgan fingerprint density at radius 2 is 2.44 bits per heavy atom. The van der Waals surface area contributed by atoms with Gasteiger partial charge >= 0.3 is 0 Å². The third-order valence-electron chi connectivity index (χ3n) is 1.94. The first kappa shape index (κ1) is 10.6. The normalized spacial score (nSPS) is 9.31. The van der Waals surface area contributed by atoms with E-state index >= 15 is 0 Å². The molecule has 0 aliphatic heterocycles. The average Bonchev–Trinajstić information content (AvgIpc) is 2.67. The molecule has 0 fully saturated rings. The molecule has 0 saturated carbocycles. The van der Waals surface area contributed by atoms with Crippen LogP contribution in [0, 0.1) is 11.8 Å². The summed E-state index contributed by atoms with van der Waals surface area (Å²) in [5, 5.41) is 11.2. The minimum atomic E-state index is 0.160. The molecule has 0 radical (unpaired) electrons. The van der Waals surface area contributed by atoms with Crippen molar-refractivity contribution in [1.29, 1.82) is 0 Å². The van der Waals surface area contributed by atoms with Crippen LogP contribution in [0.15, 0.2) is 27.8 Å². The zero-order valence-corrected chi connectivity index (χ0v) is 9.69. The molecule has 0 atom stereocenters. The van der Waals surface area contributed by atoms with Crippen molar-refractivity contribution >= 4 is 26.8 Å². The van der Waals surface area contributed by atoms with Gasteiger partial charge in [-0.25, -0.2) is 0 Å². The number of rotatable bonds is 1. The van der Waals surface area contributed by atoms with E-state index in [1.807, 2.05) is 18.2 Å². The number of hydrogen-bond donors (Lipinski definition) is 1. The maximum Gasteiger partial charge on any atom is 0.115 e. The van der Waals surface area contributed by atoms with E-state index in [4.69, 9.17) is 5.53 Å². The van der Waals surface area contributed by atoms with Gasteiger partial charge in [-0.05, 0) is 29.7 Å². The molecular formula is C10H6BrN5. The van der Waals surface area contributed by atoms with Gasteiger partial charge in [0.15, 0.2) is 0 Å². The molecule has 16 heavy (non-hydrogen) atoms. The molecule has 1 N–H and O–H groups in total. The Balaban J connectivity index is 2.37. The fourth-order valence-corrected chi connectivity index (χ4v) is 1.62. The van der Waals surface area contributed by atoms with Crippen molar-refractivity contribution in [3.05, 3.63) is 38.8 Å². The number of aromatic nitrogens is 2. The molecule has 1 aromatic heterocycles. The highest BCUT2D eigenvalue weighted by Gasteiger charge is 2.02. The van der Waals surface area contributed by atoms with Gasteiger partial charge in [-0.3, -0.25) is 5.10 Å². The Morgan fingerprint density at radius 1 is 1.56 bits per heavy atom. The maximum absolute atomic E-state index is 8.09. The SMILES string of the molecule is [N-]=[N+]=NCC#Cc1[nH]nc2cc(Br)ccc12. The van der Waals surface area contributed by atoms with E-state index < -0.39 is 0 Å². The van der Waals surface area contributed by atoms with Crippen LogP contribution >= 0.6 is 15.9 Å². The van der Waals surface area contributed by atoms with Crippen molar-refractivity contribution in [2.24, 2.45) is 5.11 Å². The predicted molar refractivity (Wildman–Crippen MR) is 64.7 cm³/mol. The van der Waals surface area contributed by atoms with Crippen molar-refractivity contribution in [1.82, 2.24) is 10.2 Å². The number of aromatic amines is 1. The summed E-state index contributed by atoms with van der Waals surface area (Å²) in [5.41, 5.74) is 9.67. The van der Waals surface area contributed by atoms with Gasteiger partial charge in [0.2, 0.25) is 0 Å². The van der Waals surface area contributed by atoms with Crippen LogP contribution < -0.4 is 0 Å². The lowest BCUT2D eigenvalue weighted by molar-refractivity contribution is 1.10. The van der Waals surface area contributed by atoms with E-state index in [2.05, 4.69) is 48.0 Å². The minimum absolute atomic E-state index is 0.160. The van der Waals surface area contributed by atoms with Gasteiger partial charge in [-0.15, -0.1) is 0 Å². The van der Waals surface area contributed by atoms with Crippen LogP contribution in [0.1, 0.15) is 5.69 Å². The van der Waals surface area contributed by atoms with Crippen molar-refractivity contribution < 1.29 is 0 Å². The van der Waals surface area contributed by atoms with Gasteiger partial charge in [0.05, 0.1) is 12.1 Å². The second kappa shape index (κ2) is 4.71. The number of nitrogens with zero attached hydrogens (tertiary/aromatic N) is 4. The molecule has 0 amide bonds. The number of hydrogen-bond acceptors (Lipinski definition) is 2. The van der Waals surface area contributed by atoms with Crippen LogP contribution in [0.4, 0.5) is 0 Å². The van der Waals surface area contributed by atoms with Gasteiger partial charge in [0, 0.05) is 14.8 Å². The Hall–Kier alpha value is -1.96. The predicted octanol–water partition coefficient (Wildman–Crippen LogP) is 2.99. The summed E-state index contributed by atoms with van der Waals surface area (Å²) < 4.78 is 0.972. The Labute approximate surface area is 99.6 Å². The van der Waals surface area contributed by atoms with Crippen LogP contribution in [0.3, 0.4) is 0 Å². The summed E-state index contributed by atoms with van der Waals surface area (Å²) in [5.74, 6) is 5.62. The Bertz CT molecular complexity index is 627. The summed E-state index contributed by atoms with van der Waals surface area (Å²) >= 11 is 3.37. The second-order valence-corrected chi connectivity index (χ2v) is 3.87.